The molecule has 1 aliphatic rings. The molecule has 0 radical (unpaired) electrons. The number of rotatable bonds is 3. The Kier molecular flexibility index (Phi) is 2.76. The number of hydrogen-bond donors (Lipinski definition) is 0. The molecule has 0 spiro atoms. The van der Waals surface area contributed by atoms with E-state index in [-0.39, 0.29) is 6.23 Å². The van der Waals surface area contributed by atoms with Gasteiger partial charge in [0, 0.05) is 26.1 Å². The quantitative estimate of drug-likeness (QED) is 0.607. The Morgan fingerprint density at radius 3 is 2.73 bits per heavy atom. The van der Waals surface area contributed by atoms with Gasteiger partial charge in [-0.25, -0.2) is 0 Å². The smallest absolute Gasteiger partial charge is 0.128 e. The summed E-state index contributed by atoms with van der Waals surface area (Å²) in [5, 5.41) is 0. The zero-order valence-electron chi connectivity index (χ0n) is 7.45. The van der Waals surface area contributed by atoms with Crippen molar-refractivity contribution in [2.75, 3.05) is 20.3 Å². The fourth-order valence-corrected chi connectivity index (χ4v) is 1.12. The topological polar surface area (TPSA) is 15.7 Å². The zero-order valence-corrected chi connectivity index (χ0v) is 7.45. The van der Waals surface area contributed by atoms with Gasteiger partial charge in [0.2, 0.25) is 0 Å². The number of nitrogens with zero attached hydrogens (tertiary/aromatic N) is 2. The third-order valence-corrected chi connectivity index (χ3v) is 1.77. The highest BCUT2D eigenvalue weighted by Gasteiger charge is 2.14. The molecule has 0 saturated carbocycles. The monoisotopic (exact) mass is 156 g/mol. The van der Waals surface area contributed by atoms with Gasteiger partial charge in [0.15, 0.2) is 0 Å². The standard InChI is InChI=1S/C8H16N2O/c1-4-11-8(2)10-6-5-9(3)7-10/h5-6,8H,4,7H2,1-3H3. The lowest BCUT2D eigenvalue weighted by atomic mass is 10.5. The molecule has 0 N–H and O–H groups in total. The molecular formula is C8H16N2O. The summed E-state index contributed by atoms with van der Waals surface area (Å²) in [7, 11) is 2.05. The van der Waals surface area contributed by atoms with Gasteiger partial charge in [0.25, 0.3) is 0 Å². The molecule has 0 saturated heterocycles. The van der Waals surface area contributed by atoms with Crippen molar-refractivity contribution >= 4 is 0 Å². The molecule has 0 amide bonds. The molecule has 11 heavy (non-hydrogen) atoms. The molecular weight excluding hydrogens is 140 g/mol. The van der Waals surface area contributed by atoms with Gasteiger partial charge in [0.1, 0.15) is 6.23 Å². The summed E-state index contributed by atoms with van der Waals surface area (Å²) >= 11 is 0. The van der Waals surface area contributed by atoms with Crippen LogP contribution in [-0.2, 0) is 4.74 Å². The van der Waals surface area contributed by atoms with Crippen LogP contribution in [0.5, 0.6) is 0 Å². The summed E-state index contributed by atoms with van der Waals surface area (Å²) in [6.45, 7) is 5.78. The summed E-state index contributed by atoms with van der Waals surface area (Å²) in [4.78, 5) is 4.28. The van der Waals surface area contributed by atoms with E-state index in [4.69, 9.17) is 4.74 Å². The van der Waals surface area contributed by atoms with Crippen LogP contribution >= 0.6 is 0 Å². The van der Waals surface area contributed by atoms with Gasteiger partial charge in [-0.1, -0.05) is 0 Å². The van der Waals surface area contributed by atoms with E-state index in [0.29, 0.717) is 0 Å². The fraction of sp³-hybridized carbons (Fsp3) is 0.750. The minimum atomic E-state index is 0.196. The SMILES string of the molecule is CCOC(C)N1C=CN(C)C1. The van der Waals surface area contributed by atoms with Crippen molar-refractivity contribution in [2.45, 2.75) is 20.1 Å². The first-order valence-corrected chi connectivity index (χ1v) is 4.00. The van der Waals surface area contributed by atoms with Gasteiger partial charge in [-0.15, -0.1) is 0 Å². The van der Waals surface area contributed by atoms with Gasteiger partial charge in [0.05, 0.1) is 6.67 Å². The Balaban J connectivity index is 2.32. The maximum absolute atomic E-state index is 5.42. The Morgan fingerprint density at radius 1 is 1.55 bits per heavy atom. The first kappa shape index (κ1) is 8.40. The Labute approximate surface area is 68.2 Å². The van der Waals surface area contributed by atoms with Crippen LogP contribution in [0.4, 0.5) is 0 Å². The van der Waals surface area contributed by atoms with E-state index in [1.165, 1.54) is 0 Å². The van der Waals surface area contributed by atoms with Crippen LogP contribution in [0.3, 0.4) is 0 Å². The second kappa shape index (κ2) is 3.62. The van der Waals surface area contributed by atoms with Gasteiger partial charge < -0.3 is 14.5 Å². The van der Waals surface area contributed by atoms with E-state index >= 15 is 0 Å². The third kappa shape index (κ3) is 2.12. The highest BCUT2D eigenvalue weighted by atomic mass is 16.5. The molecule has 3 nitrogen and oxygen atoms in total. The minimum absolute atomic E-state index is 0.196. The molecule has 1 unspecified atom stereocenters. The van der Waals surface area contributed by atoms with Crippen molar-refractivity contribution in [3.63, 3.8) is 0 Å². The summed E-state index contributed by atoms with van der Waals surface area (Å²) in [6.07, 6.45) is 4.30. The fourth-order valence-electron chi connectivity index (χ4n) is 1.12. The average molecular weight is 156 g/mol. The highest BCUT2D eigenvalue weighted by Crippen LogP contribution is 2.08. The van der Waals surface area contributed by atoms with Crippen molar-refractivity contribution in [3.05, 3.63) is 12.4 Å². The van der Waals surface area contributed by atoms with Gasteiger partial charge >= 0.3 is 0 Å². The summed E-state index contributed by atoms with van der Waals surface area (Å²) < 4.78 is 5.42. The summed E-state index contributed by atoms with van der Waals surface area (Å²) in [5.74, 6) is 0. The van der Waals surface area contributed by atoms with Crippen molar-refractivity contribution in [1.29, 1.82) is 0 Å². The van der Waals surface area contributed by atoms with E-state index in [1.54, 1.807) is 0 Å². The van der Waals surface area contributed by atoms with Crippen molar-refractivity contribution < 1.29 is 4.74 Å². The van der Waals surface area contributed by atoms with Crippen LogP contribution in [0.2, 0.25) is 0 Å². The first-order valence-electron chi connectivity index (χ1n) is 4.00. The van der Waals surface area contributed by atoms with E-state index < -0.39 is 0 Å². The van der Waals surface area contributed by atoms with Crippen LogP contribution in [0, 0.1) is 0 Å². The second-order valence-electron chi connectivity index (χ2n) is 2.77. The molecule has 0 fully saturated rings. The van der Waals surface area contributed by atoms with Crippen LogP contribution < -0.4 is 0 Å². The van der Waals surface area contributed by atoms with Crippen LogP contribution in [0.1, 0.15) is 13.8 Å². The third-order valence-electron chi connectivity index (χ3n) is 1.77. The lowest BCUT2D eigenvalue weighted by molar-refractivity contribution is -0.0229. The molecule has 0 aliphatic carbocycles. The first-order chi connectivity index (χ1) is 5.24. The molecule has 0 aromatic heterocycles. The predicted molar refractivity (Wildman–Crippen MR) is 44.7 cm³/mol. The summed E-state index contributed by atoms with van der Waals surface area (Å²) in [6, 6.07) is 0. The van der Waals surface area contributed by atoms with Crippen molar-refractivity contribution in [2.24, 2.45) is 0 Å². The van der Waals surface area contributed by atoms with Gasteiger partial charge in [-0.05, 0) is 13.8 Å². The van der Waals surface area contributed by atoms with E-state index in [2.05, 4.69) is 36.2 Å². The van der Waals surface area contributed by atoms with Crippen LogP contribution in [0.15, 0.2) is 12.4 Å². The highest BCUT2D eigenvalue weighted by molar-refractivity contribution is 4.89. The number of ether oxygens (including phenoxy) is 1. The molecule has 1 atom stereocenters. The van der Waals surface area contributed by atoms with Gasteiger partial charge in [-0.2, -0.15) is 0 Å². The molecule has 0 bridgehead atoms. The van der Waals surface area contributed by atoms with Crippen LogP contribution in [0.25, 0.3) is 0 Å². The average Bonchev–Trinajstić information content (AvgIpc) is 2.36. The zero-order chi connectivity index (χ0) is 8.27. The lowest BCUT2D eigenvalue weighted by Gasteiger charge is -2.24. The maximum Gasteiger partial charge on any atom is 0.128 e. The van der Waals surface area contributed by atoms with Crippen LogP contribution in [-0.4, -0.2) is 36.4 Å². The maximum atomic E-state index is 5.42. The summed E-state index contributed by atoms with van der Waals surface area (Å²) in [5.41, 5.74) is 0. The molecule has 0 aromatic carbocycles. The van der Waals surface area contributed by atoms with E-state index in [0.717, 1.165) is 13.3 Å². The van der Waals surface area contributed by atoms with Gasteiger partial charge in [-0.3, -0.25) is 0 Å². The number of hydrogen-bond acceptors (Lipinski definition) is 3. The molecule has 3 heteroatoms. The molecule has 1 heterocycles. The van der Waals surface area contributed by atoms with Crippen molar-refractivity contribution in [1.82, 2.24) is 9.80 Å². The molecule has 0 aromatic rings. The molecule has 1 rings (SSSR count). The van der Waals surface area contributed by atoms with E-state index in [9.17, 15) is 0 Å². The minimum Gasteiger partial charge on any atom is -0.362 e. The van der Waals surface area contributed by atoms with E-state index in [1.807, 2.05) is 6.92 Å². The van der Waals surface area contributed by atoms with Crippen molar-refractivity contribution in [3.8, 4) is 0 Å². The largest absolute Gasteiger partial charge is 0.362 e. The Morgan fingerprint density at radius 2 is 2.27 bits per heavy atom. The molecule has 64 valence electrons. The lowest BCUT2D eigenvalue weighted by Crippen LogP contribution is -2.32. The molecule has 1 aliphatic heterocycles. The second-order valence-corrected chi connectivity index (χ2v) is 2.77. The predicted octanol–water partition coefficient (Wildman–Crippen LogP) is 1.04. The Hall–Kier alpha value is -0.700. The Bertz CT molecular complexity index is 147. The normalized spacial score (nSPS) is 19.5.